The molecule has 0 saturated heterocycles. The number of carbonyl (C=O) groups is 1. The Labute approximate surface area is 126 Å². The molecular weight excluding hydrogens is 262 g/mol. The fourth-order valence-electron chi connectivity index (χ4n) is 2.24. The zero-order chi connectivity index (χ0) is 15.2. The van der Waals surface area contributed by atoms with Crippen LogP contribution in [-0.4, -0.2) is 12.5 Å². The van der Waals surface area contributed by atoms with Crippen LogP contribution in [0.3, 0.4) is 0 Å². The molecule has 0 atom stereocenters. The lowest BCUT2D eigenvalue weighted by molar-refractivity contribution is -0.116. The van der Waals surface area contributed by atoms with Crippen LogP contribution in [0, 0.1) is 20.8 Å². The van der Waals surface area contributed by atoms with Gasteiger partial charge in [0.05, 0.1) is 13.0 Å². The van der Waals surface area contributed by atoms with Gasteiger partial charge in [0.2, 0.25) is 5.91 Å². The lowest BCUT2D eigenvalue weighted by Crippen LogP contribution is -2.15. The summed E-state index contributed by atoms with van der Waals surface area (Å²) in [6.07, 6.45) is 0.335. The minimum atomic E-state index is -0.0337. The van der Waals surface area contributed by atoms with E-state index < -0.39 is 0 Å². The van der Waals surface area contributed by atoms with Crippen molar-refractivity contribution in [1.29, 1.82) is 0 Å². The summed E-state index contributed by atoms with van der Waals surface area (Å²) in [5.74, 6) is 0.797. The summed E-state index contributed by atoms with van der Waals surface area (Å²) in [6, 6.07) is 13.8. The van der Waals surface area contributed by atoms with Crippen molar-refractivity contribution in [2.75, 3.05) is 11.9 Å². The standard InChI is InChI=1S/C18H21NO2/c1-13-10-14(2)12-16(11-13)19-18(20)8-9-21-17-7-5-4-6-15(17)3/h4-7,10-12H,8-9H2,1-3H3,(H,19,20). The van der Waals surface area contributed by atoms with E-state index >= 15 is 0 Å². The molecule has 0 saturated carbocycles. The van der Waals surface area contributed by atoms with E-state index in [1.807, 2.05) is 57.2 Å². The Morgan fingerprint density at radius 1 is 1.05 bits per heavy atom. The van der Waals surface area contributed by atoms with Gasteiger partial charge in [-0.25, -0.2) is 0 Å². The molecule has 0 fully saturated rings. The second kappa shape index (κ2) is 6.93. The molecule has 3 heteroatoms. The Kier molecular flexibility index (Phi) is 4.99. The average molecular weight is 283 g/mol. The highest BCUT2D eigenvalue weighted by Crippen LogP contribution is 2.17. The van der Waals surface area contributed by atoms with Crippen LogP contribution in [0.4, 0.5) is 5.69 Å². The SMILES string of the molecule is Cc1cc(C)cc(NC(=O)CCOc2ccccc2C)c1. The van der Waals surface area contributed by atoms with Crippen molar-refractivity contribution in [2.24, 2.45) is 0 Å². The highest BCUT2D eigenvalue weighted by Gasteiger charge is 2.05. The second-order valence-corrected chi connectivity index (χ2v) is 5.29. The largest absolute Gasteiger partial charge is 0.493 e. The highest BCUT2D eigenvalue weighted by atomic mass is 16.5. The zero-order valence-corrected chi connectivity index (χ0v) is 12.8. The fraction of sp³-hybridized carbons (Fsp3) is 0.278. The first-order valence-corrected chi connectivity index (χ1v) is 7.11. The van der Waals surface area contributed by atoms with E-state index in [2.05, 4.69) is 11.4 Å². The molecule has 1 N–H and O–H groups in total. The molecule has 3 nitrogen and oxygen atoms in total. The minimum absolute atomic E-state index is 0.0337. The van der Waals surface area contributed by atoms with Gasteiger partial charge < -0.3 is 10.1 Å². The predicted octanol–water partition coefficient (Wildman–Crippen LogP) is 4.02. The summed E-state index contributed by atoms with van der Waals surface area (Å²) in [5.41, 5.74) is 4.20. The predicted molar refractivity (Wildman–Crippen MR) is 85.8 cm³/mol. The molecule has 110 valence electrons. The Bertz CT molecular complexity index is 615. The van der Waals surface area contributed by atoms with Crippen LogP contribution in [0.15, 0.2) is 42.5 Å². The molecule has 0 aliphatic heterocycles. The van der Waals surface area contributed by atoms with Gasteiger partial charge in [-0.15, -0.1) is 0 Å². The fourth-order valence-corrected chi connectivity index (χ4v) is 2.24. The number of ether oxygens (including phenoxy) is 1. The number of hydrogen-bond donors (Lipinski definition) is 1. The van der Waals surface area contributed by atoms with Gasteiger partial charge in [0, 0.05) is 5.69 Å². The maximum Gasteiger partial charge on any atom is 0.227 e. The summed E-state index contributed by atoms with van der Waals surface area (Å²) in [6.45, 7) is 6.40. The van der Waals surface area contributed by atoms with Crippen molar-refractivity contribution in [1.82, 2.24) is 0 Å². The van der Waals surface area contributed by atoms with Gasteiger partial charge in [0.15, 0.2) is 0 Å². The molecule has 0 aliphatic carbocycles. The van der Waals surface area contributed by atoms with Crippen molar-refractivity contribution < 1.29 is 9.53 Å². The Hall–Kier alpha value is -2.29. The summed E-state index contributed by atoms with van der Waals surface area (Å²) < 4.78 is 5.63. The Morgan fingerprint density at radius 2 is 1.71 bits per heavy atom. The molecule has 2 aromatic rings. The number of rotatable bonds is 5. The highest BCUT2D eigenvalue weighted by molar-refractivity contribution is 5.90. The lowest BCUT2D eigenvalue weighted by atomic mass is 10.1. The van der Waals surface area contributed by atoms with Crippen LogP contribution in [0.2, 0.25) is 0 Å². The van der Waals surface area contributed by atoms with Crippen molar-refractivity contribution in [3.63, 3.8) is 0 Å². The number of hydrogen-bond acceptors (Lipinski definition) is 2. The molecule has 0 bridgehead atoms. The second-order valence-electron chi connectivity index (χ2n) is 5.29. The van der Waals surface area contributed by atoms with Crippen LogP contribution in [0.1, 0.15) is 23.1 Å². The van der Waals surface area contributed by atoms with Gasteiger partial charge >= 0.3 is 0 Å². The number of benzene rings is 2. The van der Waals surface area contributed by atoms with E-state index in [4.69, 9.17) is 4.74 Å². The third-order valence-electron chi connectivity index (χ3n) is 3.19. The van der Waals surface area contributed by atoms with Crippen molar-refractivity contribution in [2.45, 2.75) is 27.2 Å². The number of anilines is 1. The molecule has 0 unspecified atom stereocenters. The van der Waals surface area contributed by atoms with Gasteiger partial charge in [0.25, 0.3) is 0 Å². The normalized spacial score (nSPS) is 10.2. The van der Waals surface area contributed by atoms with Gasteiger partial charge in [-0.3, -0.25) is 4.79 Å². The van der Waals surface area contributed by atoms with Crippen molar-refractivity contribution in [3.8, 4) is 5.75 Å². The molecule has 0 heterocycles. The summed E-state index contributed by atoms with van der Waals surface area (Å²) in [5, 5.41) is 2.91. The summed E-state index contributed by atoms with van der Waals surface area (Å²) in [4.78, 5) is 11.9. The van der Waals surface area contributed by atoms with E-state index in [1.165, 1.54) is 0 Å². The molecule has 0 aliphatic rings. The average Bonchev–Trinajstić information content (AvgIpc) is 2.39. The van der Waals surface area contributed by atoms with E-state index in [0.717, 1.165) is 28.1 Å². The van der Waals surface area contributed by atoms with E-state index in [-0.39, 0.29) is 5.91 Å². The van der Waals surface area contributed by atoms with E-state index in [9.17, 15) is 4.79 Å². The number of nitrogens with one attached hydrogen (secondary N) is 1. The van der Waals surface area contributed by atoms with Crippen LogP contribution < -0.4 is 10.1 Å². The summed E-state index contributed by atoms with van der Waals surface area (Å²) in [7, 11) is 0. The molecule has 0 spiro atoms. The maximum atomic E-state index is 11.9. The van der Waals surface area contributed by atoms with Gasteiger partial charge in [-0.2, -0.15) is 0 Å². The quantitative estimate of drug-likeness (QED) is 0.900. The topological polar surface area (TPSA) is 38.3 Å². The van der Waals surface area contributed by atoms with Crippen LogP contribution in [0.5, 0.6) is 5.75 Å². The number of amides is 1. The molecule has 21 heavy (non-hydrogen) atoms. The first-order valence-electron chi connectivity index (χ1n) is 7.11. The van der Waals surface area contributed by atoms with Gasteiger partial charge in [0.1, 0.15) is 5.75 Å². The van der Waals surface area contributed by atoms with Crippen LogP contribution in [0.25, 0.3) is 0 Å². The minimum Gasteiger partial charge on any atom is -0.493 e. The maximum absolute atomic E-state index is 11.9. The van der Waals surface area contributed by atoms with Crippen LogP contribution >= 0.6 is 0 Å². The first kappa shape index (κ1) is 15.1. The van der Waals surface area contributed by atoms with Gasteiger partial charge in [-0.1, -0.05) is 24.3 Å². The Morgan fingerprint density at radius 3 is 2.38 bits per heavy atom. The van der Waals surface area contributed by atoms with Crippen LogP contribution in [-0.2, 0) is 4.79 Å². The molecule has 2 aromatic carbocycles. The molecule has 2 rings (SSSR count). The smallest absolute Gasteiger partial charge is 0.227 e. The third-order valence-corrected chi connectivity index (χ3v) is 3.19. The van der Waals surface area contributed by atoms with Crippen molar-refractivity contribution in [3.05, 3.63) is 59.2 Å². The Balaban J connectivity index is 1.84. The van der Waals surface area contributed by atoms with E-state index in [0.29, 0.717) is 13.0 Å². The van der Waals surface area contributed by atoms with E-state index in [1.54, 1.807) is 0 Å². The zero-order valence-electron chi connectivity index (χ0n) is 12.8. The van der Waals surface area contributed by atoms with Gasteiger partial charge in [-0.05, 0) is 55.7 Å². The number of para-hydroxylation sites is 1. The number of carbonyl (C=O) groups excluding carboxylic acids is 1. The first-order chi connectivity index (χ1) is 10.0. The summed E-state index contributed by atoms with van der Waals surface area (Å²) >= 11 is 0. The lowest BCUT2D eigenvalue weighted by Gasteiger charge is -2.10. The molecule has 0 aromatic heterocycles. The molecule has 1 amide bonds. The molecular formula is C18H21NO2. The number of aryl methyl sites for hydroxylation is 3. The third kappa shape index (κ3) is 4.63. The molecule has 0 radical (unpaired) electrons. The monoisotopic (exact) mass is 283 g/mol. The van der Waals surface area contributed by atoms with Crippen molar-refractivity contribution >= 4 is 11.6 Å².